The number of carbonyl (C=O) groups excluding carboxylic acids is 1. The van der Waals surface area contributed by atoms with Gasteiger partial charge in [-0.25, -0.2) is 9.59 Å². The van der Waals surface area contributed by atoms with Crippen molar-refractivity contribution in [2.75, 3.05) is 6.54 Å². The van der Waals surface area contributed by atoms with Gasteiger partial charge >= 0.3 is 18.2 Å². The number of nitrogens with one attached hydrogen (secondary N) is 2. The average Bonchev–Trinajstić information content (AvgIpc) is 2.94. The van der Waals surface area contributed by atoms with Crippen LogP contribution in [-0.2, 0) is 4.79 Å². The van der Waals surface area contributed by atoms with Gasteiger partial charge in [-0.15, -0.1) is 0 Å². The van der Waals surface area contributed by atoms with Gasteiger partial charge in [-0.05, 0) is 12.8 Å². The van der Waals surface area contributed by atoms with E-state index in [1.807, 2.05) is 5.32 Å². The van der Waals surface area contributed by atoms with Crippen LogP contribution in [0.4, 0.5) is 18.0 Å². The Kier molecular flexibility index (Phi) is 3.51. The van der Waals surface area contributed by atoms with Gasteiger partial charge in [0, 0.05) is 0 Å². The Bertz CT molecular complexity index is 327. The molecule has 0 aromatic rings. The second kappa shape index (κ2) is 4.40. The molecular formula is C8H11F3N2O4. The molecule has 1 saturated carbocycles. The number of carboxylic acid groups (broad SMARTS) is 1. The fourth-order valence-electron chi connectivity index (χ4n) is 1.14. The standard InChI is InChI=1S/C8H11F3N2O4/c9-8(10,11)7(1-2-7)13-6(17)12-3-4(14)5(15)16/h4,14H,1-3H2,(H,15,16)(H2,12,13,17)/t4-/m0/s1. The minimum Gasteiger partial charge on any atom is -0.479 e. The van der Waals surface area contributed by atoms with Gasteiger partial charge in [0.25, 0.3) is 0 Å². The molecule has 0 aliphatic heterocycles. The van der Waals surface area contributed by atoms with E-state index in [2.05, 4.69) is 0 Å². The van der Waals surface area contributed by atoms with E-state index >= 15 is 0 Å². The Labute approximate surface area is 93.8 Å². The van der Waals surface area contributed by atoms with Gasteiger partial charge in [0.2, 0.25) is 0 Å². The van der Waals surface area contributed by atoms with E-state index in [-0.39, 0.29) is 12.8 Å². The van der Waals surface area contributed by atoms with Crippen molar-refractivity contribution in [2.24, 2.45) is 0 Å². The Morgan fingerprint density at radius 3 is 2.24 bits per heavy atom. The normalized spacial score (nSPS) is 19.3. The molecule has 0 aromatic carbocycles. The Balaban J connectivity index is 2.39. The first-order valence-electron chi connectivity index (χ1n) is 4.71. The summed E-state index contributed by atoms with van der Waals surface area (Å²) in [4.78, 5) is 21.2. The van der Waals surface area contributed by atoms with Crippen LogP contribution >= 0.6 is 0 Å². The van der Waals surface area contributed by atoms with E-state index in [0.717, 1.165) is 0 Å². The number of rotatable bonds is 4. The lowest BCUT2D eigenvalue weighted by Gasteiger charge is -2.21. The van der Waals surface area contributed by atoms with E-state index in [9.17, 15) is 22.8 Å². The van der Waals surface area contributed by atoms with E-state index in [4.69, 9.17) is 10.2 Å². The summed E-state index contributed by atoms with van der Waals surface area (Å²) in [6.45, 7) is -0.658. The highest BCUT2D eigenvalue weighted by molar-refractivity contribution is 5.77. The Morgan fingerprint density at radius 2 is 1.88 bits per heavy atom. The highest BCUT2D eigenvalue weighted by Crippen LogP contribution is 2.48. The third-order valence-corrected chi connectivity index (χ3v) is 2.39. The minimum atomic E-state index is -4.53. The van der Waals surface area contributed by atoms with Crippen LogP contribution in [0.25, 0.3) is 0 Å². The maximum Gasteiger partial charge on any atom is 0.411 e. The number of carbonyl (C=O) groups is 2. The summed E-state index contributed by atoms with van der Waals surface area (Å²) in [5.41, 5.74) is -2.20. The van der Waals surface area contributed by atoms with E-state index in [1.165, 1.54) is 0 Å². The van der Waals surface area contributed by atoms with Crippen LogP contribution in [0.5, 0.6) is 0 Å². The molecule has 1 fully saturated rings. The maximum atomic E-state index is 12.4. The number of halogens is 3. The Hall–Kier alpha value is -1.51. The lowest BCUT2D eigenvalue weighted by Crippen LogP contribution is -2.52. The SMILES string of the molecule is O=C(NC[C@H](O)C(=O)O)NC1(C(F)(F)F)CC1. The van der Waals surface area contributed by atoms with Gasteiger partial charge in [0.05, 0.1) is 6.54 Å². The molecule has 1 rings (SSSR count). The Morgan fingerprint density at radius 1 is 1.35 bits per heavy atom. The van der Waals surface area contributed by atoms with E-state index in [0.29, 0.717) is 0 Å². The van der Waals surface area contributed by atoms with Crippen molar-refractivity contribution in [1.29, 1.82) is 0 Å². The van der Waals surface area contributed by atoms with E-state index < -0.39 is 36.4 Å². The van der Waals surface area contributed by atoms with Crippen LogP contribution in [0.3, 0.4) is 0 Å². The molecule has 0 radical (unpaired) electrons. The number of aliphatic hydroxyl groups is 1. The van der Waals surface area contributed by atoms with Crippen molar-refractivity contribution in [2.45, 2.75) is 30.7 Å². The zero-order chi connectivity index (χ0) is 13.3. The summed E-state index contributed by atoms with van der Waals surface area (Å²) in [7, 11) is 0. The first kappa shape index (κ1) is 13.6. The zero-order valence-corrected chi connectivity index (χ0v) is 8.54. The molecule has 0 heterocycles. The number of aliphatic hydroxyl groups excluding tert-OH is 1. The molecule has 98 valence electrons. The molecule has 1 atom stereocenters. The molecule has 4 N–H and O–H groups in total. The van der Waals surface area contributed by atoms with Gasteiger partial charge in [-0.3, -0.25) is 0 Å². The highest BCUT2D eigenvalue weighted by Gasteiger charge is 2.64. The first-order chi connectivity index (χ1) is 7.68. The molecule has 2 amide bonds. The van der Waals surface area contributed by atoms with Crippen LogP contribution in [0.1, 0.15) is 12.8 Å². The summed E-state index contributed by atoms with van der Waals surface area (Å²) >= 11 is 0. The van der Waals surface area contributed by atoms with Gasteiger partial charge < -0.3 is 20.8 Å². The minimum absolute atomic E-state index is 0.203. The second-order valence-electron chi connectivity index (χ2n) is 3.77. The maximum absolute atomic E-state index is 12.4. The number of alkyl halides is 3. The van der Waals surface area contributed by atoms with Crippen molar-refractivity contribution in [1.82, 2.24) is 10.6 Å². The lowest BCUT2D eigenvalue weighted by molar-refractivity contribution is -0.162. The third-order valence-electron chi connectivity index (χ3n) is 2.39. The number of urea groups is 1. The molecule has 6 nitrogen and oxygen atoms in total. The van der Waals surface area contributed by atoms with Crippen molar-refractivity contribution in [3.05, 3.63) is 0 Å². The average molecular weight is 256 g/mol. The fraction of sp³-hybridized carbons (Fsp3) is 0.750. The summed E-state index contributed by atoms with van der Waals surface area (Å²) in [6.07, 6.45) is -6.78. The van der Waals surface area contributed by atoms with Crippen LogP contribution < -0.4 is 10.6 Å². The molecule has 0 aromatic heterocycles. The van der Waals surface area contributed by atoms with E-state index in [1.54, 1.807) is 5.32 Å². The molecule has 0 saturated heterocycles. The summed E-state index contributed by atoms with van der Waals surface area (Å²) in [6, 6.07) is -1.15. The van der Waals surface area contributed by atoms with Crippen LogP contribution in [0.15, 0.2) is 0 Å². The largest absolute Gasteiger partial charge is 0.479 e. The zero-order valence-electron chi connectivity index (χ0n) is 8.54. The van der Waals surface area contributed by atoms with Crippen LogP contribution in [-0.4, -0.2) is 46.6 Å². The molecule has 0 bridgehead atoms. The molecule has 17 heavy (non-hydrogen) atoms. The number of amides is 2. The van der Waals surface area contributed by atoms with Crippen molar-refractivity contribution >= 4 is 12.0 Å². The first-order valence-corrected chi connectivity index (χ1v) is 4.71. The van der Waals surface area contributed by atoms with Gasteiger partial charge in [-0.1, -0.05) is 0 Å². The number of hydrogen-bond acceptors (Lipinski definition) is 3. The van der Waals surface area contributed by atoms with Gasteiger partial charge in [0.15, 0.2) is 6.10 Å². The third kappa shape index (κ3) is 3.22. The van der Waals surface area contributed by atoms with Gasteiger partial charge in [0.1, 0.15) is 5.54 Å². The quantitative estimate of drug-likeness (QED) is 0.561. The monoisotopic (exact) mass is 256 g/mol. The lowest BCUT2D eigenvalue weighted by atomic mass is 10.2. The molecular weight excluding hydrogens is 245 g/mol. The van der Waals surface area contributed by atoms with Crippen LogP contribution in [0.2, 0.25) is 0 Å². The topological polar surface area (TPSA) is 98.7 Å². The summed E-state index contributed by atoms with van der Waals surface area (Å²) in [5, 5.41) is 20.6. The number of carboxylic acids is 1. The summed E-state index contributed by atoms with van der Waals surface area (Å²) < 4.78 is 37.2. The smallest absolute Gasteiger partial charge is 0.411 e. The molecule has 9 heteroatoms. The molecule has 0 spiro atoms. The predicted octanol–water partition coefficient (Wildman–Crippen LogP) is -0.174. The van der Waals surface area contributed by atoms with Crippen molar-refractivity contribution in [3.8, 4) is 0 Å². The predicted molar refractivity (Wildman–Crippen MR) is 48.2 cm³/mol. The molecule has 0 unspecified atom stereocenters. The molecule has 1 aliphatic carbocycles. The summed E-state index contributed by atoms with van der Waals surface area (Å²) in [5.74, 6) is -1.57. The van der Waals surface area contributed by atoms with Crippen molar-refractivity contribution < 1.29 is 33.0 Å². The van der Waals surface area contributed by atoms with Crippen LogP contribution in [0, 0.1) is 0 Å². The van der Waals surface area contributed by atoms with Gasteiger partial charge in [-0.2, -0.15) is 13.2 Å². The second-order valence-corrected chi connectivity index (χ2v) is 3.77. The van der Waals surface area contributed by atoms with Crippen molar-refractivity contribution in [3.63, 3.8) is 0 Å². The molecule has 1 aliphatic rings. The highest BCUT2D eigenvalue weighted by atomic mass is 19.4. The number of aliphatic carboxylic acids is 1. The number of hydrogen-bond donors (Lipinski definition) is 4. The fourth-order valence-corrected chi connectivity index (χ4v) is 1.14.